The van der Waals surface area contributed by atoms with Gasteiger partial charge < -0.3 is 5.11 Å². The van der Waals surface area contributed by atoms with Crippen molar-refractivity contribution in [2.24, 2.45) is 0 Å². The fourth-order valence-electron chi connectivity index (χ4n) is 2.94. The summed E-state index contributed by atoms with van der Waals surface area (Å²) in [5, 5.41) is 11.0. The van der Waals surface area contributed by atoms with Gasteiger partial charge in [0.2, 0.25) is 0 Å². The Hall–Kier alpha value is -3.06. The van der Waals surface area contributed by atoms with E-state index < -0.39 is 0 Å². The van der Waals surface area contributed by atoms with E-state index in [0.29, 0.717) is 17.8 Å². The van der Waals surface area contributed by atoms with Crippen LogP contribution >= 0.6 is 15.9 Å². The summed E-state index contributed by atoms with van der Waals surface area (Å²) in [6, 6.07) is 12.7. The molecule has 26 heavy (non-hydrogen) atoms. The van der Waals surface area contributed by atoms with Gasteiger partial charge in [-0.25, -0.2) is 14.8 Å². The highest BCUT2D eigenvalue weighted by atomic mass is 79.9. The second-order valence-corrected chi connectivity index (χ2v) is 6.60. The average molecular weight is 410 g/mol. The van der Waals surface area contributed by atoms with Crippen LogP contribution in [0.1, 0.15) is 5.56 Å². The predicted molar refractivity (Wildman–Crippen MR) is 99.8 cm³/mol. The third kappa shape index (κ3) is 2.76. The van der Waals surface area contributed by atoms with Crippen LogP contribution in [0.3, 0.4) is 0 Å². The number of benzene rings is 1. The summed E-state index contributed by atoms with van der Waals surface area (Å²) in [6.07, 6.45) is 6.51. The maximum atomic E-state index is 13.1. The lowest BCUT2D eigenvalue weighted by atomic mass is 10.1. The third-order valence-corrected chi connectivity index (χ3v) is 4.82. The average Bonchev–Trinajstić information content (AvgIpc) is 2.67. The third-order valence-electron chi connectivity index (χ3n) is 4.12. The Morgan fingerprint density at radius 2 is 1.81 bits per heavy atom. The molecule has 4 aromatic rings. The van der Waals surface area contributed by atoms with Crippen LogP contribution in [0, 0.1) is 0 Å². The highest BCUT2D eigenvalue weighted by Crippen LogP contribution is 2.32. The molecule has 0 amide bonds. The molecule has 3 aromatic heterocycles. The smallest absolute Gasteiger partial charge is 0.354 e. The van der Waals surface area contributed by atoms with E-state index in [9.17, 15) is 9.90 Å². The van der Waals surface area contributed by atoms with Crippen LogP contribution in [0.4, 0.5) is 0 Å². The first kappa shape index (κ1) is 16.4. The number of hydrogen-bond acceptors (Lipinski definition) is 4. The summed E-state index contributed by atoms with van der Waals surface area (Å²) in [6.45, 7) is 0.331. The molecule has 0 spiro atoms. The van der Waals surface area contributed by atoms with Crippen molar-refractivity contribution < 1.29 is 9.51 Å². The largest absolute Gasteiger partial charge is 0.477 e. The van der Waals surface area contributed by atoms with E-state index >= 15 is 0 Å². The van der Waals surface area contributed by atoms with Gasteiger partial charge in [-0.15, -0.1) is 0 Å². The molecule has 1 N–H and O–H groups in total. The summed E-state index contributed by atoms with van der Waals surface area (Å²) < 4.78 is 3.94. The molecule has 0 aliphatic heterocycles. The van der Waals surface area contributed by atoms with Crippen molar-refractivity contribution in [3.8, 4) is 17.0 Å². The van der Waals surface area contributed by atoms with Gasteiger partial charge in [0.15, 0.2) is 5.56 Å². The molecule has 6 nitrogen and oxygen atoms in total. The van der Waals surface area contributed by atoms with E-state index in [1.165, 1.54) is 10.7 Å². The van der Waals surface area contributed by atoms with E-state index in [2.05, 4.69) is 25.9 Å². The van der Waals surface area contributed by atoms with Crippen molar-refractivity contribution in [1.82, 2.24) is 14.5 Å². The van der Waals surface area contributed by atoms with E-state index in [4.69, 9.17) is 0 Å². The SMILES string of the molecule is O=c1c(-c2ccccc2Br)c(O)n(Cc2cncnc2)c2cccc[n+]12. The van der Waals surface area contributed by atoms with Crippen molar-refractivity contribution in [2.45, 2.75) is 6.54 Å². The first-order chi connectivity index (χ1) is 12.7. The molecule has 0 fully saturated rings. The number of pyridine rings is 1. The Morgan fingerprint density at radius 3 is 2.58 bits per heavy atom. The van der Waals surface area contributed by atoms with Gasteiger partial charge in [-0.3, -0.25) is 0 Å². The summed E-state index contributed by atoms with van der Waals surface area (Å²) in [7, 11) is 0. The zero-order chi connectivity index (χ0) is 18.1. The van der Waals surface area contributed by atoms with Crippen molar-refractivity contribution in [2.75, 3.05) is 0 Å². The minimum absolute atomic E-state index is 0.100. The topological polar surface area (TPSA) is 72.1 Å². The fourth-order valence-corrected chi connectivity index (χ4v) is 3.42. The van der Waals surface area contributed by atoms with Gasteiger partial charge in [-0.1, -0.05) is 40.2 Å². The Bertz CT molecular complexity index is 1160. The van der Waals surface area contributed by atoms with Gasteiger partial charge in [0.05, 0.1) is 6.20 Å². The standard InChI is InChI=1S/C19H13BrN4O2/c20-15-6-2-1-5-14(15)17-18(25)23-8-4-3-7-16(23)24(19(17)26)11-13-9-21-12-22-10-13/h1-10,12H,11H2/p+1. The molecule has 0 saturated carbocycles. The quantitative estimate of drug-likeness (QED) is 0.527. The fraction of sp³-hybridized carbons (Fsp3) is 0.0526. The molecule has 7 heteroatoms. The Labute approximate surface area is 157 Å². The van der Waals surface area contributed by atoms with Gasteiger partial charge in [0, 0.05) is 34.1 Å². The Morgan fingerprint density at radius 1 is 1.08 bits per heavy atom. The highest BCUT2D eigenvalue weighted by molar-refractivity contribution is 9.10. The molecule has 4 rings (SSSR count). The molecule has 1 aromatic carbocycles. The maximum absolute atomic E-state index is 13.1. The molecule has 0 atom stereocenters. The molecular formula is C19H14BrN4O2+. The van der Waals surface area contributed by atoms with E-state index in [-0.39, 0.29) is 17.0 Å². The number of aromatic nitrogens is 4. The lowest BCUT2D eigenvalue weighted by molar-refractivity contribution is -0.532. The predicted octanol–water partition coefficient (Wildman–Crippen LogP) is 2.56. The normalized spacial score (nSPS) is 11.0. The van der Waals surface area contributed by atoms with E-state index in [1.807, 2.05) is 24.3 Å². The van der Waals surface area contributed by atoms with Crippen LogP contribution in [0.25, 0.3) is 16.8 Å². The summed E-state index contributed by atoms with van der Waals surface area (Å²) in [4.78, 5) is 21.1. The van der Waals surface area contributed by atoms with Gasteiger partial charge in [-0.05, 0) is 12.1 Å². The van der Waals surface area contributed by atoms with E-state index in [1.54, 1.807) is 41.4 Å². The Balaban J connectivity index is 2.05. The second kappa shape index (κ2) is 6.68. The van der Waals surface area contributed by atoms with Gasteiger partial charge in [-0.2, -0.15) is 8.97 Å². The number of aromatic hydroxyl groups is 1. The minimum Gasteiger partial charge on any atom is -0.477 e. The number of halogens is 1. The molecule has 0 unspecified atom stereocenters. The van der Waals surface area contributed by atoms with Gasteiger partial charge in [0.1, 0.15) is 12.9 Å². The van der Waals surface area contributed by atoms with Crippen LogP contribution in [-0.2, 0) is 6.54 Å². The zero-order valence-corrected chi connectivity index (χ0v) is 15.2. The number of hydrogen-bond donors (Lipinski definition) is 1. The number of fused-ring (bicyclic) bond motifs is 1. The van der Waals surface area contributed by atoms with Crippen LogP contribution in [0.15, 0.2) is 76.6 Å². The molecule has 0 aliphatic rings. The second-order valence-electron chi connectivity index (χ2n) is 5.75. The molecule has 3 heterocycles. The first-order valence-electron chi connectivity index (χ1n) is 7.92. The summed E-state index contributed by atoms with van der Waals surface area (Å²) >= 11 is 3.47. The zero-order valence-electron chi connectivity index (χ0n) is 13.6. The van der Waals surface area contributed by atoms with Crippen molar-refractivity contribution in [3.63, 3.8) is 0 Å². The van der Waals surface area contributed by atoms with Crippen molar-refractivity contribution in [3.05, 3.63) is 87.8 Å². The lowest BCUT2D eigenvalue weighted by Crippen LogP contribution is -2.43. The molecule has 0 saturated heterocycles. The summed E-state index contributed by atoms with van der Waals surface area (Å²) in [5.74, 6) is -0.100. The van der Waals surface area contributed by atoms with Crippen LogP contribution in [0.5, 0.6) is 5.88 Å². The minimum atomic E-state index is -0.287. The highest BCUT2D eigenvalue weighted by Gasteiger charge is 2.26. The molecule has 0 radical (unpaired) electrons. The first-order valence-corrected chi connectivity index (χ1v) is 8.71. The van der Waals surface area contributed by atoms with E-state index in [0.717, 1.165) is 10.0 Å². The Kier molecular flexibility index (Phi) is 4.22. The van der Waals surface area contributed by atoms with Crippen LogP contribution in [0.2, 0.25) is 0 Å². The monoisotopic (exact) mass is 409 g/mol. The maximum Gasteiger partial charge on any atom is 0.354 e. The van der Waals surface area contributed by atoms with Crippen molar-refractivity contribution in [1.29, 1.82) is 0 Å². The van der Waals surface area contributed by atoms with Gasteiger partial charge >= 0.3 is 5.56 Å². The van der Waals surface area contributed by atoms with Gasteiger partial charge in [0.25, 0.3) is 11.5 Å². The molecule has 0 aliphatic carbocycles. The molecule has 0 bridgehead atoms. The summed E-state index contributed by atoms with van der Waals surface area (Å²) in [5.41, 5.74) is 1.97. The number of nitrogens with zero attached hydrogens (tertiary/aromatic N) is 4. The molecule has 128 valence electrons. The molecular weight excluding hydrogens is 396 g/mol. The van der Waals surface area contributed by atoms with Crippen LogP contribution < -0.4 is 9.96 Å². The number of rotatable bonds is 3. The van der Waals surface area contributed by atoms with Crippen molar-refractivity contribution >= 4 is 21.6 Å². The lowest BCUT2D eigenvalue weighted by Gasteiger charge is -2.10. The van der Waals surface area contributed by atoms with Crippen LogP contribution in [-0.4, -0.2) is 19.6 Å².